The molecule has 0 aliphatic rings. The first-order chi connectivity index (χ1) is 7.00. The Morgan fingerprint density at radius 2 is 1.93 bits per heavy atom. The van der Waals surface area contributed by atoms with E-state index in [-0.39, 0.29) is 6.42 Å². The van der Waals surface area contributed by atoms with Gasteiger partial charge in [0, 0.05) is 25.0 Å². The lowest BCUT2D eigenvalue weighted by Gasteiger charge is -2.13. The molecular formula is C11H13BrFNO. The highest BCUT2D eigenvalue weighted by Crippen LogP contribution is 2.13. The average Bonchev–Trinajstić information content (AvgIpc) is 2.20. The normalized spacial score (nSPS) is 12.3. The van der Waals surface area contributed by atoms with E-state index in [9.17, 15) is 9.18 Å². The molecule has 0 spiro atoms. The molecule has 4 heteroatoms. The van der Waals surface area contributed by atoms with Gasteiger partial charge in [0.25, 0.3) is 5.91 Å². The van der Waals surface area contributed by atoms with Gasteiger partial charge in [-0.25, -0.2) is 4.39 Å². The first-order valence-corrected chi connectivity index (χ1v) is 5.39. The minimum atomic E-state index is -1.46. The van der Waals surface area contributed by atoms with Crippen LogP contribution in [-0.4, -0.2) is 31.1 Å². The summed E-state index contributed by atoms with van der Waals surface area (Å²) >= 11 is 3.29. The van der Waals surface area contributed by atoms with E-state index in [1.165, 1.54) is 4.90 Å². The van der Waals surface area contributed by atoms with Gasteiger partial charge in [0.05, 0.1) is 0 Å². The lowest BCUT2D eigenvalue weighted by atomic mass is 10.1. The summed E-state index contributed by atoms with van der Waals surface area (Å²) in [6, 6.07) is 7.28. The summed E-state index contributed by atoms with van der Waals surface area (Å²) in [6.45, 7) is 0. The molecule has 1 unspecified atom stereocenters. The van der Waals surface area contributed by atoms with Crippen molar-refractivity contribution >= 4 is 21.8 Å². The van der Waals surface area contributed by atoms with E-state index < -0.39 is 12.1 Å². The molecule has 0 saturated heterocycles. The quantitative estimate of drug-likeness (QED) is 0.829. The molecule has 82 valence electrons. The number of rotatable bonds is 3. The van der Waals surface area contributed by atoms with Crippen LogP contribution in [0.3, 0.4) is 0 Å². The number of nitrogens with zero attached hydrogens (tertiary/aromatic N) is 1. The van der Waals surface area contributed by atoms with Crippen LogP contribution >= 0.6 is 15.9 Å². The summed E-state index contributed by atoms with van der Waals surface area (Å²) in [7, 11) is 3.10. The van der Waals surface area contributed by atoms with Crippen LogP contribution in [0.1, 0.15) is 5.56 Å². The largest absolute Gasteiger partial charge is 0.346 e. The number of hydrogen-bond donors (Lipinski definition) is 0. The van der Waals surface area contributed by atoms with Crippen LogP contribution in [0.2, 0.25) is 0 Å². The van der Waals surface area contributed by atoms with E-state index in [1.807, 2.05) is 12.1 Å². The van der Waals surface area contributed by atoms with Crippen LogP contribution in [0.4, 0.5) is 4.39 Å². The first-order valence-electron chi connectivity index (χ1n) is 4.60. The van der Waals surface area contributed by atoms with Crippen LogP contribution in [-0.2, 0) is 11.2 Å². The average molecular weight is 274 g/mol. The van der Waals surface area contributed by atoms with E-state index in [4.69, 9.17) is 0 Å². The molecule has 0 radical (unpaired) electrons. The number of benzene rings is 1. The number of halogens is 2. The van der Waals surface area contributed by atoms with Crippen molar-refractivity contribution in [3.63, 3.8) is 0 Å². The molecular weight excluding hydrogens is 261 g/mol. The number of hydrogen-bond acceptors (Lipinski definition) is 1. The molecule has 1 rings (SSSR count). The number of amides is 1. The molecule has 15 heavy (non-hydrogen) atoms. The van der Waals surface area contributed by atoms with Gasteiger partial charge < -0.3 is 4.90 Å². The molecule has 0 aliphatic heterocycles. The van der Waals surface area contributed by atoms with Gasteiger partial charge >= 0.3 is 0 Å². The third kappa shape index (κ3) is 3.63. The van der Waals surface area contributed by atoms with Gasteiger partial charge in [0.1, 0.15) is 0 Å². The fourth-order valence-corrected chi connectivity index (χ4v) is 1.46. The van der Waals surface area contributed by atoms with Crippen LogP contribution < -0.4 is 0 Å². The van der Waals surface area contributed by atoms with Gasteiger partial charge in [-0.05, 0) is 17.7 Å². The highest BCUT2D eigenvalue weighted by molar-refractivity contribution is 9.10. The van der Waals surface area contributed by atoms with Crippen molar-refractivity contribution in [3.8, 4) is 0 Å². The summed E-state index contributed by atoms with van der Waals surface area (Å²) < 4.78 is 14.4. The second-order valence-electron chi connectivity index (χ2n) is 3.53. The summed E-state index contributed by atoms with van der Waals surface area (Å²) in [6.07, 6.45) is -1.33. The smallest absolute Gasteiger partial charge is 0.256 e. The summed E-state index contributed by atoms with van der Waals surface area (Å²) in [4.78, 5) is 12.5. The molecule has 2 nitrogen and oxygen atoms in total. The highest BCUT2D eigenvalue weighted by atomic mass is 79.9. The molecule has 0 fully saturated rings. The predicted molar refractivity (Wildman–Crippen MR) is 61.4 cm³/mol. The molecule has 0 bridgehead atoms. The summed E-state index contributed by atoms with van der Waals surface area (Å²) in [5.74, 6) is -0.488. The molecule has 0 heterocycles. The number of carbonyl (C=O) groups excluding carboxylic acids is 1. The Bertz CT molecular complexity index is 337. The zero-order chi connectivity index (χ0) is 11.4. The van der Waals surface area contributed by atoms with Crippen molar-refractivity contribution < 1.29 is 9.18 Å². The zero-order valence-corrected chi connectivity index (χ0v) is 10.3. The number of alkyl halides is 1. The predicted octanol–water partition coefficient (Wildman–Crippen LogP) is 2.42. The van der Waals surface area contributed by atoms with E-state index in [2.05, 4.69) is 15.9 Å². The summed E-state index contributed by atoms with van der Waals surface area (Å²) in [5, 5.41) is 0. The lowest BCUT2D eigenvalue weighted by molar-refractivity contribution is -0.133. The Morgan fingerprint density at radius 1 is 1.40 bits per heavy atom. The van der Waals surface area contributed by atoms with E-state index >= 15 is 0 Å². The maximum atomic E-state index is 13.4. The van der Waals surface area contributed by atoms with Gasteiger partial charge in [0.2, 0.25) is 0 Å². The van der Waals surface area contributed by atoms with Gasteiger partial charge in [-0.3, -0.25) is 4.79 Å². The fraction of sp³-hybridized carbons (Fsp3) is 0.364. The van der Waals surface area contributed by atoms with Crippen molar-refractivity contribution in [2.45, 2.75) is 12.6 Å². The second kappa shape index (κ2) is 5.26. The minimum Gasteiger partial charge on any atom is -0.346 e. The maximum absolute atomic E-state index is 13.4. The van der Waals surface area contributed by atoms with Crippen molar-refractivity contribution in [1.82, 2.24) is 4.90 Å². The summed E-state index contributed by atoms with van der Waals surface area (Å²) in [5.41, 5.74) is 0.820. The standard InChI is InChI=1S/C11H13BrFNO/c1-14(2)11(15)10(13)7-8-3-5-9(12)6-4-8/h3-6,10H,7H2,1-2H3. The SMILES string of the molecule is CN(C)C(=O)C(F)Cc1ccc(Br)cc1. The van der Waals surface area contributed by atoms with Crippen LogP contribution in [0, 0.1) is 0 Å². The Balaban J connectivity index is 2.62. The van der Waals surface area contributed by atoms with Crippen molar-refractivity contribution in [1.29, 1.82) is 0 Å². The van der Waals surface area contributed by atoms with Gasteiger partial charge in [0.15, 0.2) is 6.17 Å². The van der Waals surface area contributed by atoms with Gasteiger partial charge in [-0.2, -0.15) is 0 Å². The molecule has 0 aliphatic carbocycles. The topological polar surface area (TPSA) is 20.3 Å². The molecule has 0 N–H and O–H groups in total. The minimum absolute atomic E-state index is 0.129. The Morgan fingerprint density at radius 3 is 2.40 bits per heavy atom. The monoisotopic (exact) mass is 273 g/mol. The third-order valence-electron chi connectivity index (χ3n) is 2.04. The van der Waals surface area contributed by atoms with Gasteiger partial charge in [-0.1, -0.05) is 28.1 Å². The van der Waals surface area contributed by atoms with Crippen molar-refractivity contribution in [2.75, 3.05) is 14.1 Å². The fourth-order valence-electron chi connectivity index (χ4n) is 1.19. The second-order valence-corrected chi connectivity index (χ2v) is 4.45. The molecule has 0 aromatic heterocycles. The van der Waals surface area contributed by atoms with E-state index in [0.29, 0.717) is 0 Å². The van der Waals surface area contributed by atoms with Gasteiger partial charge in [-0.15, -0.1) is 0 Å². The molecule has 1 amide bonds. The molecule has 1 atom stereocenters. The highest BCUT2D eigenvalue weighted by Gasteiger charge is 2.19. The van der Waals surface area contributed by atoms with Crippen molar-refractivity contribution in [3.05, 3.63) is 34.3 Å². The van der Waals surface area contributed by atoms with E-state index in [0.717, 1.165) is 10.0 Å². The van der Waals surface area contributed by atoms with E-state index in [1.54, 1.807) is 26.2 Å². The lowest BCUT2D eigenvalue weighted by Crippen LogP contribution is -2.32. The number of carbonyl (C=O) groups is 1. The van der Waals surface area contributed by atoms with Crippen LogP contribution in [0.25, 0.3) is 0 Å². The van der Waals surface area contributed by atoms with Crippen molar-refractivity contribution in [2.24, 2.45) is 0 Å². The first kappa shape index (κ1) is 12.2. The Hall–Kier alpha value is -0.900. The molecule has 0 saturated carbocycles. The van der Waals surface area contributed by atoms with Crippen LogP contribution in [0.15, 0.2) is 28.7 Å². The van der Waals surface area contributed by atoms with Crippen LogP contribution in [0.5, 0.6) is 0 Å². The Kier molecular flexibility index (Phi) is 4.27. The molecule has 1 aromatic rings. The maximum Gasteiger partial charge on any atom is 0.256 e. The zero-order valence-electron chi connectivity index (χ0n) is 8.71. The Labute approximate surface area is 97.2 Å². The molecule has 1 aromatic carbocycles. The third-order valence-corrected chi connectivity index (χ3v) is 2.57.